The molecule has 1 aliphatic heterocycles. The maximum Gasteiger partial charge on any atom is 0.227 e. The Labute approximate surface area is 202 Å². The minimum Gasteiger partial charge on any atom is -0.493 e. The lowest BCUT2D eigenvalue weighted by molar-refractivity contribution is -0.123. The second kappa shape index (κ2) is 11.7. The van der Waals surface area contributed by atoms with Crippen molar-refractivity contribution in [2.24, 2.45) is 0 Å². The van der Waals surface area contributed by atoms with Gasteiger partial charge in [0.15, 0.2) is 11.5 Å². The zero-order valence-corrected chi connectivity index (χ0v) is 20.1. The average molecular weight is 459 g/mol. The van der Waals surface area contributed by atoms with Gasteiger partial charge in [-0.25, -0.2) is 0 Å². The fourth-order valence-corrected chi connectivity index (χ4v) is 4.59. The zero-order valence-electron chi connectivity index (χ0n) is 20.1. The van der Waals surface area contributed by atoms with E-state index >= 15 is 0 Å². The third kappa shape index (κ3) is 6.17. The molecule has 1 atom stereocenters. The quantitative estimate of drug-likeness (QED) is 0.443. The number of hydrogen-bond donors (Lipinski definition) is 1. The summed E-state index contributed by atoms with van der Waals surface area (Å²) in [6.45, 7) is 4.87. The standard InChI is InChI=1S/C29H34N2O3/c1-3-26(23-11-5-4-6-12-23)29(32)30-24-16-18-31(19-17-24)21-22-10-9-13-25(20-22)34-28-15-8-7-14-27(28)33-2/h4-15,20,24,26H,3,16-19,21H2,1-2H3,(H,30,32). The second-order valence-electron chi connectivity index (χ2n) is 8.83. The van der Waals surface area contributed by atoms with Gasteiger partial charge in [0.1, 0.15) is 5.75 Å². The van der Waals surface area contributed by atoms with Crippen molar-refractivity contribution in [1.29, 1.82) is 0 Å². The first-order valence-corrected chi connectivity index (χ1v) is 12.1. The van der Waals surface area contributed by atoms with Crippen molar-refractivity contribution in [1.82, 2.24) is 10.2 Å². The number of carbonyl (C=O) groups excluding carboxylic acids is 1. The molecule has 34 heavy (non-hydrogen) atoms. The van der Waals surface area contributed by atoms with E-state index in [2.05, 4.69) is 29.3 Å². The second-order valence-corrected chi connectivity index (χ2v) is 8.83. The third-order valence-corrected chi connectivity index (χ3v) is 6.46. The van der Waals surface area contributed by atoms with Crippen LogP contribution in [0.1, 0.15) is 43.2 Å². The van der Waals surface area contributed by atoms with Gasteiger partial charge in [0.05, 0.1) is 13.0 Å². The zero-order chi connectivity index (χ0) is 23.8. The SMILES string of the molecule is CCC(C(=O)NC1CCN(Cc2cccc(Oc3ccccc3OC)c2)CC1)c1ccccc1. The van der Waals surface area contributed by atoms with Crippen molar-refractivity contribution in [3.05, 3.63) is 90.0 Å². The summed E-state index contributed by atoms with van der Waals surface area (Å²) in [6, 6.07) is 26.2. The summed E-state index contributed by atoms with van der Waals surface area (Å²) in [5.74, 6) is 2.29. The molecule has 1 N–H and O–H groups in total. The Morgan fingerprint density at radius 2 is 1.68 bits per heavy atom. The number of amides is 1. The molecule has 0 aliphatic carbocycles. The van der Waals surface area contributed by atoms with Crippen molar-refractivity contribution in [3.8, 4) is 17.2 Å². The molecule has 5 nitrogen and oxygen atoms in total. The molecule has 1 fully saturated rings. The van der Waals surface area contributed by atoms with Crippen molar-refractivity contribution < 1.29 is 14.3 Å². The van der Waals surface area contributed by atoms with Crippen molar-refractivity contribution in [3.63, 3.8) is 0 Å². The van der Waals surface area contributed by atoms with Crippen LogP contribution in [0.3, 0.4) is 0 Å². The van der Waals surface area contributed by atoms with Crippen molar-refractivity contribution in [2.75, 3.05) is 20.2 Å². The van der Waals surface area contributed by atoms with E-state index in [-0.39, 0.29) is 17.9 Å². The van der Waals surface area contributed by atoms with Crippen LogP contribution in [0, 0.1) is 0 Å². The molecule has 3 aromatic carbocycles. The lowest BCUT2D eigenvalue weighted by Gasteiger charge is -2.33. The topological polar surface area (TPSA) is 50.8 Å². The van der Waals surface area contributed by atoms with Crippen LogP contribution in [0.4, 0.5) is 0 Å². The summed E-state index contributed by atoms with van der Waals surface area (Å²) < 4.78 is 11.5. The van der Waals surface area contributed by atoms with Gasteiger partial charge in [-0.15, -0.1) is 0 Å². The molecule has 1 aliphatic rings. The summed E-state index contributed by atoms with van der Waals surface area (Å²) in [6.07, 6.45) is 2.74. The number of rotatable bonds is 9. The molecular weight excluding hydrogens is 424 g/mol. The van der Waals surface area contributed by atoms with Crippen molar-refractivity contribution >= 4 is 5.91 Å². The van der Waals surface area contributed by atoms with E-state index in [9.17, 15) is 4.79 Å². The van der Waals surface area contributed by atoms with Crippen LogP contribution in [-0.4, -0.2) is 37.0 Å². The van der Waals surface area contributed by atoms with Gasteiger partial charge in [-0.1, -0.05) is 61.5 Å². The molecule has 0 bridgehead atoms. The van der Waals surface area contributed by atoms with E-state index in [4.69, 9.17) is 9.47 Å². The highest BCUT2D eigenvalue weighted by Gasteiger charge is 2.25. The summed E-state index contributed by atoms with van der Waals surface area (Å²) in [5.41, 5.74) is 2.31. The Bertz CT molecular complexity index is 1060. The first kappa shape index (κ1) is 23.8. The number of nitrogens with zero attached hydrogens (tertiary/aromatic N) is 1. The van der Waals surface area contributed by atoms with E-state index in [1.807, 2.05) is 66.7 Å². The maximum atomic E-state index is 12.9. The highest BCUT2D eigenvalue weighted by molar-refractivity contribution is 5.83. The molecular formula is C29H34N2O3. The molecule has 5 heteroatoms. The number of hydrogen-bond acceptors (Lipinski definition) is 4. The fourth-order valence-electron chi connectivity index (χ4n) is 4.59. The molecule has 1 saturated heterocycles. The van der Waals surface area contributed by atoms with E-state index in [1.54, 1.807) is 7.11 Å². The van der Waals surface area contributed by atoms with Crippen LogP contribution in [-0.2, 0) is 11.3 Å². The highest BCUT2D eigenvalue weighted by atomic mass is 16.5. The number of carbonyl (C=O) groups is 1. The van der Waals surface area contributed by atoms with Crippen molar-refractivity contribution in [2.45, 2.75) is 44.7 Å². The minimum atomic E-state index is -0.0785. The van der Waals surface area contributed by atoms with E-state index in [1.165, 1.54) is 5.56 Å². The van der Waals surface area contributed by atoms with Gasteiger partial charge in [0.25, 0.3) is 0 Å². The van der Waals surface area contributed by atoms with Gasteiger partial charge in [-0.05, 0) is 54.7 Å². The maximum absolute atomic E-state index is 12.9. The van der Waals surface area contributed by atoms with Crippen LogP contribution < -0.4 is 14.8 Å². The number of ether oxygens (including phenoxy) is 2. The number of benzene rings is 3. The van der Waals surface area contributed by atoms with Gasteiger partial charge in [-0.3, -0.25) is 9.69 Å². The summed E-state index contributed by atoms with van der Waals surface area (Å²) in [4.78, 5) is 15.3. The van der Waals surface area contributed by atoms with E-state index < -0.39 is 0 Å². The molecule has 0 aromatic heterocycles. The average Bonchev–Trinajstić information content (AvgIpc) is 2.87. The number of para-hydroxylation sites is 2. The third-order valence-electron chi connectivity index (χ3n) is 6.46. The predicted molar refractivity (Wildman–Crippen MR) is 135 cm³/mol. The van der Waals surface area contributed by atoms with E-state index in [0.29, 0.717) is 5.75 Å². The highest BCUT2D eigenvalue weighted by Crippen LogP contribution is 2.31. The molecule has 4 rings (SSSR count). The summed E-state index contributed by atoms with van der Waals surface area (Å²) >= 11 is 0. The first-order chi connectivity index (χ1) is 16.7. The first-order valence-electron chi connectivity index (χ1n) is 12.1. The number of likely N-dealkylation sites (tertiary alicyclic amines) is 1. The number of methoxy groups -OCH3 is 1. The predicted octanol–water partition coefficient (Wildman–Crippen LogP) is 5.76. The Hall–Kier alpha value is -3.31. The molecule has 0 spiro atoms. The van der Waals surface area contributed by atoms with Crippen LogP contribution in [0.5, 0.6) is 17.2 Å². The largest absolute Gasteiger partial charge is 0.493 e. The Morgan fingerprint density at radius 3 is 2.38 bits per heavy atom. The number of nitrogens with one attached hydrogen (secondary N) is 1. The minimum absolute atomic E-state index is 0.0785. The van der Waals surface area contributed by atoms with Gasteiger partial charge in [0.2, 0.25) is 5.91 Å². The fraction of sp³-hybridized carbons (Fsp3) is 0.345. The van der Waals surface area contributed by atoms with E-state index in [0.717, 1.165) is 56.0 Å². The monoisotopic (exact) mass is 458 g/mol. The van der Waals surface area contributed by atoms with Crippen LogP contribution >= 0.6 is 0 Å². The molecule has 1 amide bonds. The van der Waals surface area contributed by atoms with Gasteiger partial charge in [0, 0.05) is 25.7 Å². The number of piperidine rings is 1. The normalized spacial score (nSPS) is 15.5. The Morgan fingerprint density at radius 1 is 0.971 bits per heavy atom. The molecule has 178 valence electrons. The Kier molecular flexibility index (Phi) is 8.21. The molecule has 0 radical (unpaired) electrons. The lowest BCUT2D eigenvalue weighted by atomic mass is 9.94. The summed E-state index contributed by atoms with van der Waals surface area (Å²) in [7, 11) is 1.65. The lowest BCUT2D eigenvalue weighted by Crippen LogP contribution is -2.45. The Balaban J connectivity index is 1.29. The van der Waals surface area contributed by atoms with Gasteiger partial charge in [-0.2, -0.15) is 0 Å². The van der Waals surface area contributed by atoms with Crippen LogP contribution in [0.25, 0.3) is 0 Å². The van der Waals surface area contributed by atoms with Crippen LogP contribution in [0.2, 0.25) is 0 Å². The van der Waals surface area contributed by atoms with Crippen LogP contribution in [0.15, 0.2) is 78.9 Å². The molecule has 0 saturated carbocycles. The van der Waals surface area contributed by atoms with Gasteiger partial charge >= 0.3 is 0 Å². The summed E-state index contributed by atoms with van der Waals surface area (Å²) in [5, 5.41) is 3.30. The molecule has 1 unspecified atom stereocenters. The smallest absolute Gasteiger partial charge is 0.227 e. The molecule has 1 heterocycles. The molecule has 3 aromatic rings. The van der Waals surface area contributed by atoms with Gasteiger partial charge < -0.3 is 14.8 Å².